The Morgan fingerprint density at radius 3 is 2.72 bits per heavy atom. The van der Waals surface area contributed by atoms with Crippen molar-refractivity contribution in [1.82, 2.24) is 24.8 Å². The number of nitrogen functional groups attached to an aromatic ring is 1. The number of rotatable bonds is 4. The van der Waals surface area contributed by atoms with E-state index in [1.165, 1.54) is 4.90 Å². The summed E-state index contributed by atoms with van der Waals surface area (Å²) in [6, 6.07) is 7.33. The molecule has 9 heteroatoms. The molecule has 4 heterocycles. The maximum absolute atomic E-state index is 11.1. The molecule has 0 bridgehead atoms. The summed E-state index contributed by atoms with van der Waals surface area (Å²) in [4.78, 5) is 29.7. The number of amides is 1. The summed E-state index contributed by atoms with van der Waals surface area (Å²) in [5, 5.41) is 12.2. The number of carbonyl (C=O) groups is 1. The monoisotopic (exact) mass is 389 g/mol. The Morgan fingerprint density at radius 2 is 2.00 bits per heavy atom. The van der Waals surface area contributed by atoms with Gasteiger partial charge in [-0.1, -0.05) is 6.08 Å². The lowest BCUT2D eigenvalue weighted by Gasteiger charge is -2.23. The van der Waals surface area contributed by atoms with Crippen LogP contribution in [0.1, 0.15) is 12.1 Å². The predicted molar refractivity (Wildman–Crippen MR) is 109 cm³/mol. The van der Waals surface area contributed by atoms with E-state index < -0.39 is 6.09 Å². The molecule has 1 aliphatic heterocycles. The molecule has 4 N–H and O–H groups in total. The number of hydrogen-bond donors (Lipinski definition) is 3. The van der Waals surface area contributed by atoms with Crippen LogP contribution in [0, 0.1) is 0 Å². The Kier molecular flexibility index (Phi) is 5.02. The minimum atomic E-state index is -0.908. The van der Waals surface area contributed by atoms with Gasteiger partial charge in [-0.2, -0.15) is 0 Å². The summed E-state index contributed by atoms with van der Waals surface area (Å²) >= 11 is 0. The maximum atomic E-state index is 11.1. The number of hydrogen-bond acceptors (Lipinski definition) is 7. The first-order valence-corrected chi connectivity index (χ1v) is 9.03. The Morgan fingerprint density at radius 1 is 1.10 bits per heavy atom. The minimum Gasteiger partial charge on any atom is -0.465 e. The van der Waals surface area contributed by atoms with Crippen LogP contribution in [0.15, 0.2) is 55.1 Å². The lowest BCUT2D eigenvalue weighted by Crippen LogP contribution is -2.33. The van der Waals surface area contributed by atoms with Crippen molar-refractivity contribution in [2.24, 2.45) is 0 Å². The molecule has 3 aromatic heterocycles. The summed E-state index contributed by atoms with van der Waals surface area (Å²) in [7, 11) is 0. The van der Waals surface area contributed by atoms with E-state index in [1.807, 2.05) is 18.2 Å². The van der Waals surface area contributed by atoms with E-state index in [9.17, 15) is 4.79 Å². The van der Waals surface area contributed by atoms with Crippen molar-refractivity contribution in [3.63, 3.8) is 0 Å². The van der Waals surface area contributed by atoms with Gasteiger partial charge in [0.1, 0.15) is 11.6 Å². The highest BCUT2D eigenvalue weighted by molar-refractivity contribution is 5.74. The highest BCUT2D eigenvalue weighted by Gasteiger charge is 2.17. The van der Waals surface area contributed by atoms with Crippen LogP contribution < -0.4 is 11.1 Å². The first kappa shape index (κ1) is 18.4. The number of carboxylic acid groups (broad SMARTS) is 1. The zero-order valence-corrected chi connectivity index (χ0v) is 15.5. The van der Waals surface area contributed by atoms with Crippen LogP contribution in [0.25, 0.3) is 16.8 Å². The van der Waals surface area contributed by atoms with Gasteiger partial charge < -0.3 is 21.1 Å². The molecule has 4 rings (SSSR count). The lowest BCUT2D eigenvalue weighted by atomic mass is 10.0. The third kappa shape index (κ3) is 4.29. The minimum absolute atomic E-state index is 0.360. The Bertz CT molecular complexity index is 1070. The van der Waals surface area contributed by atoms with Crippen LogP contribution in [-0.4, -0.2) is 49.1 Å². The quantitative estimate of drug-likeness (QED) is 0.621. The molecule has 9 nitrogen and oxygen atoms in total. The average molecular weight is 389 g/mol. The van der Waals surface area contributed by atoms with Crippen LogP contribution in [0.3, 0.4) is 0 Å². The molecule has 0 aromatic carbocycles. The Balaban J connectivity index is 1.61. The smallest absolute Gasteiger partial charge is 0.407 e. The number of aromatic nitrogens is 4. The van der Waals surface area contributed by atoms with E-state index in [4.69, 9.17) is 10.8 Å². The molecular weight excluding hydrogens is 370 g/mol. The van der Waals surface area contributed by atoms with Gasteiger partial charge in [-0.15, -0.1) is 0 Å². The summed E-state index contributed by atoms with van der Waals surface area (Å²) in [5.74, 6) is 1.13. The fourth-order valence-corrected chi connectivity index (χ4v) is 3.10. The first-order chi connectivity index (χ1) is 14.1. The van der Waals surface area contributed by atoms with Crippen molar-refractivity contribution in [2.45, 2.75) is 6.42 Å². The molecule has 0 aliphatic carbocycles. The Labute approximate surface area is 167 Å². The van der Waals surface area contributed by atoms with Gasteiger partial charge in [-0.3, -0.25) is 9.97 Å². The molecule has 0 unspecified atom stereocenters. The highest BCUT2D eigenvalue weighted by Crippen LogP contribution is 2.27. The molecule has 146 valence electrons. The zero-order chi connectivity index (χ0) is 20.2. The van der Waals surface area contributed by atoms with Gasteiger partial charge in [0.2, 0.25) is 0 Å². The van der Waals surface area contributed by atoms with Crippen molar-refractivity contribution in [3.05, 3.63) is 60.8 Å². The molecule has 0 spiro atoms. The van der Waals surface area contributed by atoms with Crippen LogP contribution in [0.2, 0.25) is 0 Å². The van der Waals surface area contributed by atoms with Crippen molar-refractivity contribution in [3.8, 4) is 11.3 Å². The van der Waals surface area contributed by atoms with Crippen LogP contribution in [0.5, 0.6) is 0 Å². The molecule has 3 aromatic rings. The van der Waals surface area contributed by atoms with Crippen molar-refractivity contribution >= 4 is 29.0 Å². The van der Waals surface area contributed by atoms with Gasteiger partial charge in [0.15, 0.2) is 0 Å². The number of pyridine rings is 2. The van der Waals surface area contributed by atoms with Crippen LogP contribution in [-0.2, 0) is 0 Å². The molecular formula is C20H19N7O2. The van der Waals surface area contributed by atoms with E-state index in [0.717, 1.165) is 16.8 Å². The molecule has 0 radical (unpaired) electrons. The topological polar surface area (TPSA) is 130 Å². The van der Waals surface area contributed by atoms with E-state index in [1.54, 1.807) is 36.9 Å². The van der Waals surface area contributed by atoms with E-state index >= 15 is 0 Å². The summed E-state index contributed by atoms with van der Waals surface area (Å²) < 4.78 is 0. The van der Waals surface area contributed by atoms with Crippen LogP contribution >= 0.6 is 0 Å². The second kappa shape index (κ2) is 7.93. The van der Waals surface area contributed by atoms with Gasteiger partial charge in [0.25, 0.3) is 0 Å². The summed E-state index contributed by atoms with van der Waals surface area (Å²) in [6.07, 6.45) is 8.12. The normalized spacial score (nSPS) is 13.7. The van der Waals surface area contributed by atoms with Gasteiger partial charge in [0, 0.05) is 49.0 Å². The molecule has 1 amide bonds. The largest absolute Gasteiger partial charge is 0.465 e. The van der Waals surface area contributed by atoms with Crippen molar-refractivity contribution in [1.29, 1.82) is 0 Å². The highest BCUT2D eigenvalue weighted by atomic mass is 16.4. The van der Waals surface area contributed by atoms with Gasteiger partial charge in [-0.25, -0.2) is 14.8 Å². The number of anilines is 3. The zero-order valence-electron chi connectivity index (χ0n) is 15.5. The van der Waals surface area contributed by atoms with Gasteiger partial charge in [0.05, 0.1) is 17.6 Å². The van der Waals surface area contributed by atoms with Crippen LogP contribution in [0.4, 0.5) is 22.1 Å². The van der Waals surface area contributed by atoms with E-state index in [-0.39, 0.29) is 0 Å². The fourth-order valence-electron chi connectivity index (χ4n) is 3.10. The van der Waals surface area contributed by atoms with Gasteiger partial charge in [-0.05, 0) is 30.2 Å². The lowest BCUT2D eigenvalue weighted by molar-refractivity contribution is 0.150. The molecule has 0 saturated heterocycles. The van der Waals surface area contributed by atoms with E-state index in [2.05, 4.69) is 25.3 Å². The first-order valence-electron chi connectivity index (χ1n) is 9.03. The molecule has 1 aliphatic rings. The molecule has 0 saturated carbocycles. The van der Waals surface area contributed by atoms with Crippen molar-refractivity contribution in [2.75, 3.05) is 24.1 Å². The SMILES string of the molecule is Nc1cc(Nc2cnccn2)nc(-c2ccnc(C3=CCN(C(=O)O)CC3)c2)c1. The fraction of sp³-hybridized carbons (Fsp3) is 0.150. The van der Waals surface area contributed by atoms with Crippen molar-refractivity contribution < 1.29 is 9.90 Å². The standard InChI is InChI=1S/C20H19N7O2/c21-15-10-17(25-18(11-15)26-19-12-22-5-6-24-19)14-1-4-23-16(9-14)13-2-7-27(8-3-13)20(28)29/h1-2,4-6,9-12H,3,7-8H2,(H,28,29)(H3,21,24,25,26). The van der Waals surface area contributed by atoms with E-state index in [0.29, 0.717) is 42.5 Å². The predicted octanol–water partition coefficient (Wildman–Crippen LogP) is 3.03. The Hall–Kier alpha value is -4.01. The molecule has 0 atom stereocenters. The third-order valence-corrected chi connectivity index (χ3v) is 4.53. The molecule has 29 heavy (non-hydrogen) atoms. The maximum Gasteiger partial charge on any atom is 0.407 e. The number of nitrogens with zero attached hydrogens (tertiary/aromatic N) is 5. The van der Waals surface area contributed by atoms with Gasteiger partial charge >= 0.3 is 6.09 Å². The molecule has 0 fully saturated rings. The average Bonchev–Trinajstić information content (AvgIpc) is 2.74. The number of nitrogens with one attached hydrogen (secondary N) is 1. The third-order valence-electron chi connectivity index (χ3n) is 4.53. The second-order valence-corrected chi connectivity index (χ2v) is 6.52. The number of nitrogens with two attached hydrogens (primary N) is 1. The summed E-state index contributed by atoms with van der Waals surface area (Å²) in [5.41, 5.74) is 10.0. The summed E-state index contributed by atoms with van der Waals surface area (Å²) in [6.45, 7) is 0.815. The second-order valence-electron chi connectivity index (χ2n) is 6.52.